The third kappa shape index (κ3) is 6.17. The van der Waals surface area contributed by atoms with Crippen molar-refractivity contribution in [3.05, 3.63) is 83.7 Å². The van der Waals surface area contributed by atoms with Gasteiger partial charge in [-0.1, -0.05) is 32.0 Å². The zero-order valence-corrected chi connectivity index (χ0v) is 20.8. The molecule has 2 aromatic carbocycles. The van der Waals surface area contributed by atoms with E-state index in [1.165, 1.54) is 0 Å². The van der Waals surface area contributed by atoms with Crippen molar-refractivity contribution in [1.82, 2.24) is 15.6 Å². The molecule has 1 aromatic heterocycles. The zero-order chi connectivity index (χ0) is 24.8. The Morgan fingerprint density at radius 1 is 1.09 bits per heavy atom. The number of amides is 1. The van der Waals surface area contributed by atoms with Crippen molar-refractivity contribution in [2.45, 2.75) is 31.2 Å². The van der Waals surface area contributed by atoms with E-state index >= 15 is 0 Å². The van der Waals surface area contributed by atoms with Crippen molar-refractivity contribution >= 4 is 27.3 Å². The normalized spacial score (nSPS) is 14.1. The average molecular weight is 494 g/mol. The van der Waals surface area contributed by atoms with Crippen molar-refractivity contribution in [2.24, 2.45) is 0 Å². The number of hydrogen-bond donors (Lipinski definition) is 3. The van der Waals surface area contributed by atoms with Crippen LogP contribution in [-0.2, 0) is 16.6 Å². The van der Waals surface area contributed by atoms with E-state index in [9.17, 15) is 13.2 Å². The van der Waals surface area contributed by atoms with Gasteiger partial charge in [0.25, 0.3) is 15.9 Å². The largest absolute Gasteiger partial charge is 0.367 e. The van der Waals surface area contributed by atoms with Crippen LogP contribution in [0.1, 0.15) is 41.3 Å². The molecule has 0 radical (unpaired) electrons. The molecule has 0 aliphatic carbocycles. The molecule has 35 heavy (non-hydrogen) atoms. The van der Waals surface area contributed by atoms with E-state index < -0.39 is 10.0 Å². The van der Waals surface area contributed by atoms with E-state index in [1.807, 2.05) is 30.3 Å². The molecule has 184 valence electrons. The van der Waals surface area contributed by atoms with Gasteiger partial charge >= 0.3 is 0 Å². The minimum atomic E-state index is -3.85. The molecular formula is C26H31N5O3S. The Labute approximate surface area is 206 Å². The molecule has 0 spiro atoms. The van der Waals surface area contributed by atoms with Gasteiger partial charge in [-0.3, -0.25) is 14.5 Å². The summed E-state index contributed by atoms with van der Waals surface area (Å²) in [6.07, 6.45) is 3.37. The number of sulfonamides is 1. The minimum absolute atomic E-state index is 0.180. The van der Waals surface area contributed by atoms with Crippen LogP contribution in [0.3, 0.4) is 0 Å². The molecule has 0 bridgehead atoms. The fraction of sp³-hybridized carbons (Fsp3) is 0.308. The van der Waals surface area contributed by atoms with Gasteiger partial charge in [-0.05, 0) is 53.4 Å². The molecule has 0 unspecified atom stereocenters. The first-order valence-electron chi connectivity index (χ1n) is 11.7. The number of rotatable bonds is 8. The average Bonchev–Trinajstić information content (AvgIpc) is 2.88. The maximum Gasteiger partial charge on any atom is 0.261 e. The first-order valence-corrected chi connectivity index (χ1v) is 13.2. The fourth-order valence-corrected chi connectivity index (χ4v) is 5.03. The molecule has 0 atom stereocenters. The third-order valence-corrected chi connectivity index (χ3v) is 7.38. The van der Waals surface area contributed by atoms with Gasteiger partial charge in [-0.15, -0.1) is 0 Å². The Kier molecular flexibility index (Phi) is 7.67. The molecule has 1 saturated heterocycles. The van der Waals surface area contributed by atoms with Crippen LogP contribution in [0.2, 0.25) is 0 Å². The lowest BCUT2D eigenvalue weighted by molar-refractivity contribution is 0.0951. The van der Waals surface area contributed by atoms with Gasteiger partial charge in [-0.25, -0.2) is 8.42 Å². The molecule has 8 nitrogen and oxygen atoms in total. The highest BCUT2D eigenvalue weighted by Gasteiger charge is 2.21. The number of carbonyl (C=O) groups is 1. The second kappa shape index (κ2) is 10.9. The van der Waals surface area contributed by atoms with Crippen LogP contribution in [-0.4, -0.2) is 45.5 Å². The van der Waals surface area contributed by atoms with Gasteiger partial charge in [-0.2, -0.15) is 0 Å². The van der Waals surface area contributed by atoms with Gasteiger partial charge in [0.2, 0.25) is 0 Å². The Morgan fingerprint density at radius 3 is 2.49 bits per heavy atom. The summed E-state index contributed by atoms with van der Waals surface area (Å²) in [5.74, 6) is 0.0170. The highest BCUT2D eigenvalue weighted by atomic mass is 32.2. The third-order valence-electron chi connectivity index (χ3n) is 5.99. The van der Waals surface area contributed by atoms with Gasteiger partial charge < -0.3 is 15.5 Å². The van der Waals surface area contributed by atoms with Crippen LogP contribution >= 0.6 is 0 Å². The van der Waals surface area contributed by atoms with Gasteiger partial charge in [0.05, 0.1) is 16.3 Å². The second-order valence-electron chi connectivity index (χ2n) is 8.84. The number of hydrogen-bond acceptors (Lipinski definition) is 6. The maximum atomic E-state index is 13.3. The minimum Gasteiger partial charge on any atom is -0.367 e. The lowest BCUT2D eigenvalue weighted by atomic mass is 10.0. The smallest absolute Gasteiger partial charge is 0.261 e. The Bertz CT molecular complexity index is 1260. The van der Waals surface area contributed by atoms with Crippen molar-refractivity contribution in [1.29, 1.82) is 0 Å². The van der Waals surface area contributed by atoms with E-state index in [2.05, 4.69) is 39.1 Å². The summed E-state index contributed by atoms with van der Waals surface area (Å²) >= 11 is 0. The number of nitrogens with zero attached hydrogens (tertiary/aromatic N) is 2. The van der Waals surface area contributed by atoms with Gasteiger partial charge in [0.15, 0.2) is 0 Å². The molecule has 4 rings (SSSR count). The van der Waals surface area contributed by atoms with E-state index in [4.69, 9.17) is 0 Å². The summed E-state index contributed by atoms with van der Waals surface area (Å²) in [5, 5.41) is 6.18. The highest BCUT2D eigenvalue weighted by molar-refractivity contribution is 7.92. The SMILES string of the molecule is CC(C)c1ccc(S(=O)(=O)Nc2cc(C(=O)NCc3cccnc3)ccc2N2CCNCC2)cc1. The number of aromatic nitrogens is 1. The molecule has 2 heterocycles. The number of piperazine rings is 1. The lowest BCUT2D eigenvalue weighted by Crippen LogP contribution is -2.43. The quantitative estimate of drug-likeness (QED) is 0.445. The van der Waals surface area contributed by atoms with Crippen LogP contribution in [0.15, 0.2) is 71.9 Å². The molecule has 1 aliphatic heterocycles. The van der Waals surface area contributed by atoms with Crippen molar-refractivity contribution < 1.29 is 13.2 Å². The molecule has 9 heteroatoms. The predicted molar refractivity (Wildman–Crippen MR) is 138 cm³/mol. The summed E-state index contributed by atoms with van der Waals surface area (Å²) in [6, 6.07) is 15.7. The summed E-state index contributed by atoms with van der Waals surface area (Å²) in [4.78, 5) is 19.2. The maximum absolute atomic E-state index is 13.3. The monoisotopic (exact) mass is 493 g/mol. The topological polar surface area (TPSA) is 103 Å². The molecule has 3 N–H and O–H groups in total. The lowest BCUT2D eigenvalue weighted by Gasteiger charge is -2.31. The van der Waals surface area contributed by atoms with Crippen LogP contribution in [0.5, 0.6) is 0 Å². The summed E-state index contributed by atoms with van der Waals surface area (Å²) in [6.45, 7) is 7.54. The summed E-state index contributed by atoms with van der Waals surface area (Å²) in [5.41, 5.74) is 3.45. The summed E-state index contributed by atoms with van der Waals surface area (Å²) < 4.78 is 29.3. The van der Waals surface area contributed by atoms with E-state index in [-0.39, 0.29) is 10.8 Å². The second-order valence-corrected chi connectivity index (χ2v) is 10.5. The molecule has 1 amide bonds. The van der Waals surface area contributed by atoms with Crippen molar-refractivity contribution in [2.75, 3.05) is 35.8 Å². The molecule has 1 fully saturated rings. The fourth-order valence-electron chi connectivity index (χ4n) is 3.96. The Morgan fingerprint density at radius 2 is 1.83 bits per heavy atom. The number of pyridine rings is 1. The number of nitrogens with one attached hydrogen (secondary N) is 3. The molecule has 3 aromatic rings. The standard InChI is InChI=1S/C26H31N5O3S/c1-19(2)21-5-8-23(9-6-21)35(33,34)30-24-16-22(7-10-25(24)31-14-12-27-13-15-31)26(32)29-18-20-4-3-11-28-17-20/h3-11,16-17,19,27,30H,12-15,18H2,1-2H3,(H,29,32). The molecular weight excluding hydrogens is 462 g/mol. The van der Waals surface area contributed by atoms with Crippen molar-refractivity contribution in [3.8, 4) is 0 Å². The van der Waals surface area contributed by atoms with Crippen molar-refractivity contribution in [3.63, 3.8) is 0 Å². The first-order chi connectivity index (χ1) is 16.8. The van der Waals surface area contributed by atoms with E-state index in [1.54, 1.807) is 36.7 Å². The Balaban J connectivity index is 1.61. The number of carbonyl (C=O) groups excluding carboxylic acids is 1. The van der Waals surface area contributed by atoms with E-state index in [0.29, 0.717) is 23.7 Å². The van der Waals surface area contributed by atoms with Gasteiger partial charge in [0.1, 0.15) is 0 Å². The first kappa shape index (κ1) is 24.7. The van der Waals surface area contributed by atoms with Gasteiger partial charge in [0, 0.05) is 50.7 Å². The molecule has 1 aliphatic rings. The Hall–Kier alpha value is -3.43. The highest BCUT2D eigenvalue weighted by Crippen LogP contribution is 2.30. The number of benzene rings is 2. The molecule has 0 saturated carbocycles. The summed E-state index contributed by atoms with van der Waals surface area (Å²) in [7, 11) is -3.85. The van der Waals surface area contributed by atoms with Crippen LogP contribution in [0.25, 0.3) is 0 Å². The zero-order valence-electron chi connectivity index (χ0n) is 20.0. The predicted octanol–water partition coefficient (Wildman–Crippen LogP) is 3.35. The van der Waals surface area contributed by atoms with E-state index in [0.717, 1.165) is 43.0 Å². The van der Waals surface area contributed by atoms with Crippen LogP contribution in [0, 0.1) is 0 Å². The van der Waals surface area contributed by atoms with Crippen LogP contribution < -0.4 is 20.3 Å². The number of anilines is 2. The van der Waals surface area contributed by atoms with Crippen LogP contribution in [0.4, 0.5) is 11.4 Å².